The van der Waals surface area contributed by atoms with Gasteiger partial charge in [-0.15, -0.1) is 10.2 Å². The summed E-state index contributed by atoms with van der Waals surface area (Å²) in [6.45, 7) is 4.85. The van der Waals surface area contributed by atoms with Gasteiger partial charge in [-0.2, -0.15) is 5.26 Å². The first-order chi connectivity index (χ1) is 15.5. The Hall–Kier alpha value is -2.89. The van der Waals surface area contributed by atoms with Gasteiger partial charge >= 0.3 is 0 Å². The third-order valence-electron chi connectivity index (χ3n) is 6.05. The van der Waals surface area contributed by atoms with E-state index in [1.807, 2.05) is 12.1 Å². The van der Waals surface area contributed by atoms with Crippen molar-refractivity contribution in [2.24, 2.45) is 0 Å². The van der Waals surface area contributed by atoms with Crippen LogP contribution in [-0.4, -0.2) is 53.9 Å². The van der Waals surface area contributed by atoms with Crippen LogP contribution in [0.2, 0.25) is 5.02 Å². The summed E-state index contributed by atoms with van der Waals surface area (Å²) < 4.78 is 6.01. The molecule has 168 valence electrons. The Kier molecular flexibility index (Phi) is 7.08. The molecule has 1 aromatic heterocycles. The van der Waals surface area contributed by atoms with Crippen LogP contribution in [0.15, 0.2) is 30.3 Å². The van der Waals surface area contributed by atoms with E-state index in [-0.39, 0.29) is 18.1 Å². The Morgan fingerprint density at radius 2 is 2.06 bits per heavy atom. The molecule has 1 saturated carbocycles. The predicted molar refractivity (Wildman–Crippen MR) is 122 cm³/mol. The quantitative estimate of drug-likeness (QED) is 0.715. The summed E-state index contributed by atoms with van der Waals surface area (Å²) in [5.41, 5.74) is 0.770. The van der Waals surface area contributed by atoms with Crippen molar-refractivity contribution in [1.29, 1.82) is 5.26 Å². The predicted octanol–water partition coefficient (Wildman–Crippen LogP) is 2.92. The minimum absolute atomic E-state index is 0.0623. The van der Waals surface area contributed by atoms with E-state index < -0.39 is 0 Å². The first kappa shape index (κ1) is 22.3. The Morgan fingerprint density at radius 3 is 2.72 bits per heavy atom. The number of benzene rings is 1. The van der Waals surface area contributed by atoms with Gasteiger partial charge in [0.05, 0.1) is 16.7 Å². The van der Waals surface area contributed by atoms with Gasteiger partial charge in [0, 0.05) is 37.8 Å². The van der Waals surface area contributed by atoms with Crippen LogP contribution in [0.5, 0.6) is 5.75 Å². The zero-order valence-corrected chi connectivity index (χ0v) is 18.8. The molecule has 0 unspecified atom stereocenters. The molecule has 1 atom stereocenters. The molecule has 2 N–H and O–H groups in total. The zero-order chi connectivity index (χ0) is 22.5. The lowest BCUT2D eigenvalue weighted by molar-refractivity contribution is 0.0888. The summed E-state index contributed by atoms with van der Waals surface area (Å²) in [4.78, 5) is 14.8. The second kappa shape index (κ2) is 10.2. The zero-order valence-electron chi connectivity index (χ0n) is 18.1. The molecule has 4 rings (SSSR count). The minimum atomic E-state index is -0.194. The maximum Gasteiger partial charge on any atom is 0.272 e. The number of hydrogen-bond acceptors (Lipinski definition) is 7. The molecule has 0 bridgehead atoms. The number of carbonyl (C=O) groups is 1. The number of aromatic nitrogens is 2. The van der Waals surface area contributed by atoms with Crippen LogP contribution in [0.1, 0.15) is 48.7 Å². The lowest BCUT2D eigenvalue weighted by Gasteiger charge is -2.34. The van der Waals surface area contributed by atoms with Crippen LogP contribution in [0, 0.1) is 11.3 Å². The highest BCUT2D eigenvalue weighted by molar-refractivity contribution is 6.31. The number of halogens is 1. The van der Waals surface area contributed by atoms with E-state index in [0.717, 1.165) is 51.1 Å². The summed E-state index contributed by atoms with van der Waals surface area (Å²) in [6, 6.07) is 11.2. The second-order valence-corrected chi connectivity index (χ2v) is 8.75. The summed E-state index contributed by atoms with van der Waals surface area (Å²) in [6.07, 6.45) is 3.36. The fraction of sp³-hybridized carbons (Fsp3) is 0.478. The number of carbonyl (C=O) groups excluding carboxylic acids is 1. The van der Waals surface area contributed by atoms with Gasteiger partial charge in [-0.25, -0.2) is 0 Å². The van der Waals surface area contributed by atoms with Gasteiger partial charge in [0.15, 0.2) is 11.5 Å². The van der Waals surface area contributed by atoms with Crippen molar-refractivity contribution in [3.63, 3.8) is 0 Å². The molecule has 2 aliphatic rings. The number of anilines is 1. The summed E-state index contributed by atoms with van der Waals surface area (Å²) in [7, 11) is 0. The van der Waals surface area contributed by atoms with Crippen LogP contribution < -0.4 is 20.3 Å². The van der Waals surface area contributed by atoms with Crippen molar-refractivity contribution >= 4 is 23.3 Å². The number of ether oxygens (including phenoxy) is 1. The highest BCUT2D eigenvalue weighted by atomic mass is 35.5. The molecule has 1 aliphatic carbocycles. The molecule has 0 radical (unpaired) electrons. The molecule has 9 heteroatoms. The van der Waals surface area contributed by atoms with Gasteiger partial charge in [-0.1, -0.05) is 11.6 Å². The molecule has 2 fully saturated rings. The number of rotatable bonds is 5. The maximum atomic E-state index is 12.6. The molecule has 2 heterocycles. The molecule has 1 saturated heterocycles. The average molecular weight is 455 g/mol. The molecule has 1 aromatic carbocycles. The van der Waals surface area contributed by atoms with Gasteiger partial charge in [0.2, 0.25) is 0 Å². The van der Waals surface area contributed by atoms with Crippen molar-refractivity contribution < 1.29 is 9.53 Å². The molecule has 1 amide bonds. The standard InChI is InChI=1S/C23H27ClN6O2/c1-15-14-26-10-11-30(15)22-9-8-21(28-29-22)23(31)27-17-3-6-18(7-4-17)32-19-5-2-16(13-25)20(24)12-19/h2,5,8-9,12,15,17-18,26H,3-4,6-7,10-11,14H2,1H3,(H,27,31)/t15-,17-,18-/m0/s1. The van der Waals surface area contributed by atoms with E-state index >= 15 is 0 Å². The van der Waals surface area contributed by atoms with Crippen molar-refractivity contribution in [1.82, 2.24) is 20.8 Å². The molecular formula is C23H27ClN6O2. The Bertz CT molecular complexity index is 985. The third-order valence-corrected chi connectivity index (χ3v) is 6.36. The number of nitrogens with one attached hydrogen (secondary N) is 2. The lowest BCUT2D eigenvalue weighted by atomic mass is 9.93. The summed E-state index contributed by atoms with van der Waals surface area (Å²) >= 11 is 6.08. The van der Waals surface area contributed by atoms with E-state index in [0.29, 0.717) is 28.1 Å². The summed E-state index contributed by atoms with van der Waals surface area (Å²) in [5.74, 6) is 1.27. The van der Waals surface area contributed by atoms with Crippen LogP contribution in [0.3, 0.4) is 0 Å². The van der Waals surface area contributed by atoms with Crippen molar-refractivity contribution in [3.05, 3.63) is 46.6 Å². The fourth-order valence-corrected chi connectivity index (χ4v) is 4.43. The van der Waals surface area contributed by atoms with Gasteiger partial charge < -0.3 is 20.3 Å². The van der Waals surface area contributed by atoms with Crippen molar-refractivity contribution in [2.75, 3.05) is 24.5 Å². The van der Waals surface area contributed by atoms with E-state index in [2.05, 4.69) is 32.7 Å². The van der Waals surface area contributed by atoms with E-state index in [1.165, 1.54) is 0 Å². The first-order valence-electron chi connectivity index (χ1n) is 11.0. The number of piperazine rings is 1. The summed E-state index contributed by atoms with van der Waals surface area (Å²) in [5, 5.41) is 24.2. The third kappa shape index (κ3) is 5.29. The number of nitrogens with zero attached hydrogens (tertiary/aromatic N) is 4. The average Bonchev–Trinajstić information content (AvgIpc) is 2.81. The Labute approximate surface area is 192 Å². The van der Waals surface area contributed by atoms with Crippen LogP contribution >= 0.6 is 11.6 Å². The highest BCUT2D eigenvalue weighted by Crippen LogP contribution is 2.27. The molecule has 1 aliphatic heterocycles. The lowest BCUT2D eigenvalue weighted by Crippen LogP contribution is -2.50. The highest BCUT2D eigenvalue weighted by Gasteiger charge is 2.25. The number of amides is 1. The molecule has 0 spiro atoms. The molecule has 2 aromatic rings. The molecular weight excluding hydrogens is 428 g/mol. The van der Waals surface area contributed by atoms with E-state index in [4.69, 9.17) is 21.6 Å². The number of hydrogen-bond donors (Lipinski definition) is 2. The first-order valence-corrected chi connectivity index (χ1v) is 11.4. The molecule has 8 nitrogen and oxygen atoms in total. The fourth-order valence-electron chi connectivity index (χ4n) is 4.22. The van der Waals surface area contributed by atoms with Gasteiger partial charge in [-0.3, -0.25) is 4.79 Å². The monoisotopic (exact) mass is 454 g/mol. The normalized spacial score (nSPS) is 23.3. The van der Waals surface area contributed by atoms with E-state index in [9.17, 15) is 4.79 Å². The van der Waals surface area contributed by atoms with Crippen LogP contribution in [0.25, 0.3) is 0 Å². The number of nitriles is 1. The van der Waals surface area contributed by atoms with Gasteiger partial charge in [0.1, 0.15) is 11.8 Å². The van der Waals surface area contributed by atoms with Crippen molar-refractivity contribution in [2.45, 2.75) is 50.8 Å². The van der Waals surface area contributed by atoms with Gasteiger partial charge in [0.25, 0.3) is 5.91 Å². The SMILES string of the molecule is C[C@H]1CNCCN1c1ccc(C(=O)N[C@H]2CC[C@H](Oc3ccc(C#N)c(Cl)c3)CC2)nn1. The topological polar surface area (TPSA) is 103 Å². The smallest absolute Gasteiger partial charge is 0.272 e. The molecule has 32 heavy (non-hydrogen) atoms. The van der Waals surface area contributed by atoms with Crippen LogP contribution in [0.4, 0.5) is 5.82 Å². The van der Waals surface area contributed by atoms with E-state index in [1.54, 1.807) is 24.3 Å². The largest absolute Gasteiger partial charge is 0.490 e. The Morgan fingerprint density at radius 1 is 1.25 bits per heavy atom. The van der Waals surface area contributed by atoms with Crippen molar-refractivity contribution in [3.8, 4) is 11.8 Å². The maximum absolute atomic E-state index is 12.6. The van der Waals surface area contributed by atoms with Gasteiger partial charge in [-0.05, 0) is 56.9 Å². The Balaban J connectivity index is 1.26. The van der Waals surface area contributed by atoms with Crippen LogP contribution in [-0.2, 0) is 0 Å². The minimum Gasteiger partial charge on any atom is -0.490 e. The second-order valence-electron chi connectivity index (χ2n) is 8.34.